The molecule has 2 atom stereocenters. The van der Waals surface area contributed by atoms with E-state index in [0.717, 1.165) is 35.7 Å². The van der Waals surface area contributed by atoms with Gasteiger partial charge in [0.2, 0.25) is 0 Å². The summed E-state index contributed by atoms with van der Waals surface area (Å²) in [5, 5.41) is 4.77. The second kappa shape index (κ2) is 6.81. The second-order valence-electron chi connectivity index (χ2n) is 9.67. The maximum absolute atomic E-state index is 13.6. The lowest BCUT2D eigenvalue weighted by Gasteiger charge is -2.49. The number of piperidine rings is 1. The van der Waals surface area contributed by atoms with Crippen molar-refractivity contribution in [1.82, 2.24) is 19.7 Å². The molecule has 2 saturated carbocycles. The largest absolute Gasteiger partial charge is 0.300 e. The molecule has 2 saturated heterocycles. The topological polar surface area (TPSA) is 34.0 Å². The number of pyridine rings is 1. The molecule has 4 fully saturated rings. The first-order chi connectivity index (χ1) is 14.2. The third kappa shape index (κ3) is 3.05. The fraction of sp³-hybridized carbons (Fsp3) is 0.652. The number of aromatic nitrogens is 3. The van der Waals surface area contributed by atoms with Gasteiger partial charge in [-0.25, -0.2) is 4.39 Å². The van der Waals surface area contributed by atoms with Gasteiger partial charge in [0.25, 0.3) is 0 Å². The van der Waals surface area contributed by atoms with Crippen molar-refractivity contribution < 1.29 is 4.39 Å². The van der Waals surface area contributed by atoms with E-state index in [0.29, 0.717) is 11.3 Å². The van der Waals surface area contributed by atoms with Crippen molar-refractivity contribution in [2.75, 3.05) is 24.6 Å². The molecule has 2 unspecified atom stereocenters. The predicted octanol–water partition coefficient (Wildman–Crippen LogP) is 4.43. The van der Waals surface area contributed by atoms with Gasteiger partial charge in [0.05, 0.1) is 11.9 Å². The summed E-state index contributed by atoms with van der Waals surface area (Å²) in [6.07, 6.45) is 8.50. The number of fused-ring (bicyclic) bond motifs is 1. The molecule has 1 spiro atoms. The zero-order valence-corrected chi connectivity index (χ0v) is 17.9. The van der Waals surface area contributed by atoms with Crippen LogP contribution in [-0.2, 0) is 6.54 Å². The van der Waals surface area contributed by atoms with Gasteiger partial charge < -0.3 is 4.90 Å². The maximum atomic E-state index is 13.6. The van der Waals surface area contributed by atoms with Crippen LogP contribution in [-0.4, -0.2) is 50.3 Å². The summed E-state index contributed by atoms with van der Waals surface area (Å²) in [6, 6.07) is 4.53. The molecule has 2 aromatic heterocycles. The molecule has 4 aliphatic rings. The first-order valence-corrected chi connectivity index (χ1v) is 12.3. The molecular weight excluding hydrogens is 383 g/mol. The molecule has 0 aromatic carbocycles. The van der Waals surface area contributed by atoms with Crippen molar-refractivity contribution in [3.05, 3.63) is 36.0 Å². The quantitative estimate of drug-likeness (QED) is 0.744. The molecule has 6 heteroatoms. The van der Waals surface area contributed by atoms with Crippen molar-refractivity contribution in [2.24, 2.45) is 17.3 Å². The third-order valence-corrected chi connectivity index (χ3v) is 9.70. The van der Waals surface area contributed by atoms with Gasteiger partial charge >= 0.3 is 0 Å². The third-order valence-electron chi connectivity index (χ3n) is 8.06. The van der Waals surface area contributed by atoms with Crippen LogP contribution in [0.1, 0.15) is 44.2 Å². The Kier molecular flexibility index (Phi) is 4.31. The Balaban J connectivity index is 1.13. The van der Waals surface area contributed by atoms with Crippen LogP contribution in [0.2, 0.25) is 0 Å². The van der Waals surface area contributed by atoms with Gasteiger partial charge in [-0.3, -0.25) is 9.67 Å². The maximum Gasteiger partial charge on any atom is 0.142 e. The van der Waals surface area contributed by atoms with E-state index in [4.69, 9.17) is 5.10 Å². The average molecular weight is 413 g/mol. The molecule has 4 nitrogen and oxygen atoms in total. The number of nitrogens with zero attached hydrogens (tertiary/aromatic N) is 4. The highest BCUT2D eigenvalue weighted by Crippen LogP contribution is 2.64. The van der Waals surface area contributed by atoms with Gasteiger partial charge in [-0.15, -0.1) is 0 Å². The standard InChI is InChI=1S/C23H29FN4S/c1-2-28-21(10-20(26-28)15-7-16(24)12-25-11-15)22-18-8-17(9-19(18)22)27-5-3-23(4-6-27)13-29-14-23/h7,10-12,17-19,22H,2-6,8-9,13-14H2,1H3. The molecule has 29 heavy (non-hydrogen) atoms. The number of hydrogen-bond acceptors (Lipinski definition) is 4. The van der Waals surface area contributed by atoms with Crippen LogP contribution in [0.25, 0.3) is 11.3 Å². The van der Waals surface area contributed by atoms with Crippen molar-refractivity contribution in [3.63, 3.8) is 0 Å². The van der Waals surface area contributed by atoms with E-state index in [1.165, 1.54) is 68.2 Å². The summed E-state index contributed by atoms with van der Waals surface area (Å²) >= 11 is 2.13. The predicted molar refractivity (Wildman–Crippen MR) is 114 cm³/mol. The smallest absolute Gasteiger partial charge is 0.142 e. The summed E-state index contributed by atoms with van der Waals surface area (Å²) in [6.45, 7) is 5.65. The minimum Gasteiger partial charge on any atom is -0.300 e. The Hall–Kier alpha value is -1.40. The summed E-state index contributed by atoms with van der Waals surface area (Å²) in [5.41, 5.74) is 3.69. The van der Waals surface area contributed by atoms with E-state index in [9.17, 15) is 4.39 Å². The molecule has 0 bridgehead atoms. The number of likely N-dealkylation sites (tertiary alicyclic amines) is 1. The van der Waals surface area contributed by atoms with Crippen LogP contribution in [0.5, 0.6) is 0 Å². The van der Waals surface area contributed by atoms with E-state index in [2.05, 4.69) is 39.3 Å². The fourth-order valence-corrected chi connectivity index (χ4v) is 7.60. The molecule has 0 N–H and O–H groups in total. The first-order valence-electron chi connectivity index (χ1n) is 11.2. The number of aryl methyl sites for hydroxylation is 1. The molecule has 0 radical (unpaired) electrons. The molecule has 2 aliphatic heterocycles. The summed E-state index contributed by atoms with van der Waals surface area (Å²) in [7, 11) is 0. The van der Waals surface area contributed by atoms with Crippen LogP contribution in [0.4, 0.5) is 4.39 Å². The van der Waals surface area contributed by atoms with Gasteiger partial charge in [-0.05, 0) is 86.6 Å². The minimum absolute atomic E-state index is 0.301. The fourth-order valence-electron chi connectivity index (χ4n) is 6.24. The van der Waals surface area contributed by atoms with E-state index in [1.807, 2.05) is 0 Å². The van der Waals surface area contributed by atoms with E-state index in [1.54, 1.807) is 6.20 Å². The number of rotatable bonds is 4. The van der Waals surface area contributed by atoms with Crippen molar-refractivity contribution >= 4 is 11.8 Å². The van der Waals surface area contributed by atoms with E-state index >= 15 is 0 Å². The van der Waals surface area contributed by atoms with Gasteiger partial charge in [-0.1, -0.05) is 0 Å². The average Bonchev–Trinajstić information content (AvgIpc) is 3.08. The van der Waals surface area contributed by atoms with Crippen molar-refractivity contribution in [3.8, 4) is 11.3 Å². The van der Waals surface area contributed by atoms with Crippen LogP contribution < -0.4 is 0 Å². The van der Waals surface area contributed by atoms with Crippen LogP contribution in [0.3, 0.4) is 0 Å². The number of thioether (sulfide) groups is 1. The van der Waals surface area contributed by atoms with Gasteiger partial charge in [0.15, 0.2) is 0 Å². The zero-order valence-electron chi connectivity index (χ0n) is 17.1. The molecule has 2 aliphatic carbocycles. The van der Waals surface area contributed by atoms with Gasteiger partial charge in [0, 0.05) is 36.0 Å². The highest BCUT2D eigenvalue weighted by Gasteiger charge is 2.59. The van der Waals surface area contributed by atoms with Crippen LogP contribution in [0, 0.1) is 23.1 Å². The number of halogens is 1. The highest BCUT2D eigenvalue weighted by molar-refractivity contribution is 8.00. The lowest BCUT2D eigenvalue weighted by atomic mass is 9.80. The Morgan fingerprint density at radius 2 is 1.90 bits per heavy atom. The van der Waals surface area contributed by atoms with Crippen molar-refractivity contribution in [2.45, 2.75) is 51.1 Å². The molecular formula is C23H29FN4S. The normalized spacial score (nSPS) is 32.9. The molecule has 154 valence electrons. The lowest BCUT2D eigenvalue weighted by molar-refractivity contribution is 0.0890. The summed E-state index contributed by atoms with van der Waals surface area (Å²) in [5.74, 6) is 4.79. The Labute approximate surface area is 176 Å². The van der Waals surface area contributed by atoms with Gasteiger partial charge in [0.1, 0.15) is 5.82 Å². The monoisotopic (exact) mass is 412 g/mol. The number of hydrogen-bond donors (Lipinski definition) is 0. The van der Waals surface area contributed by atoms with Crippen LogP contribution in [0.15, 0.2) is 24.5 Å². The lowest BCUT2D eigenvalue weighted by Crippen LogP contribution is -2.49. The zero-order chi connectivity index (χ0) is 19.6. The highest BCUT2D eigenvalue weighted by atomic mass is 32.2. The molecule has 4 heterocycles. The molecule has 2 aromatic rings. The summed E-state index contributed by atoms with van der Waals surface area (Å²) in [4.78, 5) is 6.80. The Morgan fingerprint density at radius 3 is 2.52 bits per heavy atom. The van der Waals surface area contributed by atoms with Gasteiger partial charge in [-0.2, -0.15) is 16.9 Å². The Morgan fingerprint density at radius 1 is 1.14 bits per heavy atom. The molecule has 6 rings (SSSR count). The Bertz CT molecular complexity index is 901. The van der Waals surface area contributed by atoms with Crippen molar-refractivity contribution in [1.29, 1.82) is 0 Å². The summed E-state index contributed by atoms with van der Waals surface area (Å²) < 4.78 is 15.7. The van der Waals surface area contributed by atoms with E-state index < -0.39 is 0 Å². The first kappa shape index (κ1) is 18.4. The SMILES string of the molecule is CCn1nc(-c2cncc(F)c2)cc1C1C2CC(N3CCC4(CC3)CSC4)CC21. The van der Waals surface area contributed by atoms with Crippen LogP contribution >= 0.6 is 11.8 Å². The molecule has 0 amide bonds. The van der Waals surface area contributed by atoms with E-state index in [-0.39, 0.29) is 5.82 Å². The minimum atomic E-state index is -0.301. The second-order valence-corrected chi connectivity index (χ2v) is 10.7.